The smallest absolute Gasteiger partial charge is 0.225 e. The van der Waals surface area contributed by atoms with Gasteiger partial charge < -0.3 is 10.1 Å². The van der Waals surface area contributed by atoms with Gasteiger partial charge in [0.05, 0.1) is 7.11 Å². The monoisotopic (exact) mass is 271 g/mol. The van der Waals surface area contributed by atoms with Crippen molar-refractivity contribution in [3.8, 4) is 5.75 Å². The highest BCUT2D eigenvalue weighted by atomic mass is 16.5. The number of hydrogen-bond acceptors (Lipinski definition) is 3. The summed E-state index contributed by atoms with van der Waals surface area (Å²) in [4.78, 5) is 24.1. The van der Waals surface area contributed by atoms with E-state index in [0.29, 0.717) is 12.8 Å². The van der Waals surface area contributed by atoms with E-state index in [2.05, 4.69) is 5.32 Å². The molecule has 0 unspecified atom stereocenters. The van der Waals surface area contributed by atoms with Crippen molar-refractivity contribution in [2.75, 3.05) is 7.11 Å². The Morgan fingerprint density at radius 2 is 1.90 bits per heavy atom. The molecule has 1 aromatic carbocycles. The van der Waals surface area contributed by atoms with Crippen molar-refractivity contribution in [3.05, 3.63) is 41.1 Å². The van der Waals surface area contributed by atoms with Crippen LogP contribution in [0.25, 0.3) is 0 Å². The van der Waals surface area contributed by atoms with Gasteiger partial charge in [-0.05, 0) is 30.5 Å². The zero-order valence-corrected chi connectivity index (χ0v) is 11.4. The van der Waals surface area contributed by atoms with Crippen molar-refractivity contribution >= 4 is 11.7 Å². The molecule has 0 aromatic heterocycles. The first kappa shape index (κ1) is 12.9. The Hall–Kier alpha value is -2.10. The fourth-order valence-corrected chi connectivity index (χ4v) is 3.03. The second-order valence-electron chi connectivity index (χ2n) is 5.25. The van der Waals surface area contributed by atoms with Crippen LogP contribution in [0, 0.1) is 0 Å². The first-order chi connectivity index (χ1) is 9.69. The van der Waals surface area contributed by atoms with E-state index >= 15 is 0 Å². The largest absolute Gasteiger partial charge is 0.497 e. The average Bonchev–Trinajstić information content (AvgIpc) is 2.46. The molecule has 2 aliphatic rings. The number of hydrogen-bond donors (Lipinski definition) is 1. The molecule has 1 aliphatic carbocycles. The summed E-state index contributed by atoms with van der Waals surface area (Å²) in [6.07, 6.45) is 2.55. The van der Waals surface area contributed by atoms with Crippen molar-refractivity contribution < 1.29 is 14.3 Å². The van der Waals surface area contributed by atoms with Crippen LogP contribution in [0.1, 0.15) is 37.2 Å². The van der Waals surface area contributed by atoms with E-state index in [4.69, 9.17) is 4.74 Å². The number of ketones is 1. The third kappa shape index (κ3) is 2.22. The van der Waals surface area contributed by atoms with E-state index in [1.165, 1.54) is 0 Å². The van der Waals surface area contributed by atoms with Gasteiger partial charge in [-0.1, -0.05) is 12.1 Å². The number of carbonyl (C=O) groups is 2. The molecule has 0 radical (unpaired) electrons. The van der Waals surface area contributed by atoms with Gasteiger partial charge >= 0.3 is 0 Å². The minimum absolute atomic E-state index is 0.000678. The van der Waals surface area contributed by atoms with E-state index in [-0.39, 0.29) is 17.6 Å². The lowest BCUT2D eigenvalue weighted by molar-refractivity contribution is -0.122. The first-order valence-electron chi connectivity index (χ1n) is 6.89. The quantitative estimate of drug-likeness (QED) is 0.898. The van der Waals surface area contributed by atoms with Crippen LogP contribution in [0.5, 0.6) is 5.75 Å². The Bertz CT molecular complexity index is 586. The van der Waals surface area contributed by atoms with Crippen LogP contribution in [0.2, 0.25) is 0 Å². The van der Waals surface area contributed by atoms with Gasteiger partial charge in [0, 0.05) is 30.0 Å². The van der Waals surface area contributed by atoms with Crippen LogP contribution in [0.15, 0.2) is 35.5 Å². The molecule has 104 valence electrons. The van der Waals surface area contributed by atoms with Gasteiger partial charge in [0.25, 0.3) is 0 Å². The summed E-state index contributed by atoms with van der Waals surface area (Å²) in [5.74, 6) is 0.835. The molecule has 4 nitrogen and oxygen atoms in total. The minimum Gasteiger partial charge on any atom is -0.497 e. The van der Waals surface area contributed by atoms with Crippen molar-refractivity contribution in [1.82, 2.24) is 5.32 Å². The number of allylic oxidation sites excluding steroid dienone is 2. The van der Waals surface area contributed by atoms with Crippen LogP contribution >= 0.6 is 0 Å². The summed E-state index contributed by atoms with van der Waals surface area (Å²) in [6.45, 7) is 0. The summed E-state index contributed by atoms with van der Waals surface area (Å²) < 4.78 is 5.15. The second kappa shape index (κ2) is 5.12. The van der Waals surface area contributed by atoms with Gasteiger partial charge in [0.2, 0.25) is 5.91 Å². The maximum atomic E-state index is 12.2. The molecule has 1 heterocycles. The van der Waals surface area contributed by atoms with Crippen LogP contribution in [0.4, 0.5) is 0 Å². The molecule has 0 spiro atoms. The fraction of sp³-hybridized carbons (Fsp3) is 0.375. The SMILES string of the molecule is COc1ccc([C@@H]2CC(=O)NC3=C2C(=O)CCC3)cc1. The Balaban J connectivity index is 2.01. The standard InChI is InChI=1S/C16H17NO3/c1-20-11-7-5-10(6-8-11)12-9-15(19)17-13-3-2-4-14(18)16(12)13/h5-8,12H,2-4,9H2,1H3,(H,17,19)/t12-/m0/s1. The average molecular weight is 271 g/mol. The van der Waals surface area contributed by atoms with Crippen molar-refractivity contribution in [2.45, 2.75) is 31.6 Å². The normalized spacial score (nSPS) is 22.4. The summed E-state index contributed by atoms with van der Waals surface area (Å²) in [7, 11) is 1.62. The van der Waals surface area contributed by atoms with E-state index < -0.39 is 0 Å². The van der Waals surface area contributed by atoms with Gasteiger partial charge in [-0.15, -0.1) is 0 Å². The van der Waals surface area contributed by atoms with Crippen LogP contribution in [0.3, 0.4) is 0 Å². The number of methoxy groups -OCH3 is 1. The van der Waals surface area contributed by atoms with Crippen LogP contribution in [-0.4, -0.2) is 18.8 Å². The van der Waals surface area contributed by atoms with Crippen molar-refractivity contribution in [2.24, 2.45) is 0 Å². The van der Waals surface area contributed by atoms with Crippen molar-refractivity contribution in [1.29, 1.82) is 0 Å². The molecular formula is C16H17NO3. The van der Waals surface area contributed by atoms with Gasteiger partial charge in [-0.2, -0.15) is 0 Å². The molecule has 20 heavy (non-hydrogen) atoms. The molecule has 1 aromatic rings. The van der Waals surface area contributed by atoms with E-state index in [0.717, 1.165) is 35.4 Å². The number of benzene rings is 1. The Labute approximate surface area is 117 Å². The van der Waals surface area contributed by atoms with E-state index in [1.807, 2.05) is 24.3 Å². The molecule has 1 N–H and O–H groups in total. The number of amides is 1. The minimum atomic E-state index is -0.113. The molecule has 0 saturated heterocycles. The maximum Gasteiger partial charge on any atom is 0.225 e. The van der Waals surface area contributed by atoms with Gasteiger partial charge in [0.1, 0.15) is 5.75 Å². The van der Waals surface area contributed by atoms with Gasteiger partial charge in [-0.25, -0.2) is 0 Å². The molecular weight excluding hydrogens is 254 g/mol. The molecule has 0 bridgehead atoms. The molecule has 4 heteroatoms. The summed E-state index contributed by atoms with van der Waals surface area (Å²) in [5, 5.41) is 2.87. The second-order valence-corrected chi connectivity index (χ2v) is 5.25. The first-order valence-corrected chi connectivity index (χ1v) is 6.89. The molecule has 1 amide bonds. The van der Waals surface area contributed by atoms with Crippen molar-refractivity contribution in [3.63, 3.8) is 0 Å². The summed E-state index contributed by atoms with van der Waals surface area (Å²) >= 11 is 0. The van der Waals surface area contributed by atoms with Crippen LogP contribution < -0.4 is 10.1 Å². The van der Waals surface area contributed by atoms with E-state index in [9.17, 15) is 9.59 Å². The highest BCUT2D eigenvalue weighted by Crippen LogP contribution is 2.38. The third-order valence-corrected chi connectivity index (χ3v) is 4.00. The predicted molar refractivity (Wildman–Crippen MR) is 74.4 cm³/mol. The number of carbonyl (C=O) groups excluding carboxylic acids is 2. The topological polar surface area (TPSA) is 55.4 Å². The fourth-order valence-electron chi connectivity index (χ4n) is 3.03. The Kier molecular flexibility index (Phi) is 3.30. The summed E-state index contributed by atoms with van der Waals surface area (Å²) in [5.41, 5.74) is 2.64. The van der Waals surface area contributed by atoms with Gasteiger partial charge in [-0.3, -0.25) is 9.59 Å². The lowest BCUT2D eigenvalue weighted by Crippen LogP contribution is -2.36. The number of nitrogens with one attached hydrogen (secondary N) is 1. The Morgan fingerprint density at radius 1 is 1.15 bits per heavy atom. The predicted octanol–water partition coefficient (Wildman–Crippen LogP) is 2.31. The highest BCUT2D eigenvalue weighted by Gasteiger charge is 2.34. The highest BCUT2D eigenvalue weighted by molar-refractivity contribution is 6.01. The lowest BCUT2D eigenvalue weighted by Gasteiger charge is -2.31. The zero-order chi connectivity index (χ0) is 14.1. The number of rotatable bonds is 2. The van der Waals surface area contributed by atoms with Gasteiger partial charge in [0.15, 0.2) is 5.78 Å². The lowest BCUT2D eigenvalue weighted by atomic mass is 9.78. The third-order valence-electron chi connectivity index (χ3n) is 4.00. The van der Waals surface area contributed by atoms with E-state index in [1.54, 1.807) is 7.11 Å². The number of ether oxygens (including phenoxy) is 1. The zero-order valence-electron chi connectivity index (χ0n) is 11.4. The summed E-state index contributed by atoms with van der Waals surface area (Å²) in [6, 6.07) is 7.62. The molecule has 3 rings (SSSR count). The Morgan fingerprint density at radius 3 is 2.60 bits per heavy atom. The molecule has 1 aliphatic heterocycles. The number of Topliss-reactive ketones (excluding diaryl/α,β-unsaturated/α-hetero) is 1. The molecule has 0 saturated carbocycles. The molecule has 0 fully saturated rings. The maximum absolute atomic E-state index is 12.2. The van der Waals surface area contributed by atoms with Crippen LogP contribution in [-0.2, 0) is 9.59 Å². The molecule has 1 atom stereocenters.